The lowest BCUT2D eigenvalue weighted by Crippen LogP contribution is -2.27. The molecular weight excluding hydrogens is 322 g/mol. The fourth-order valence-electron chi connectivity index (χ4n) is 3.22. The van der Waals surface area contributed by atoms with Gasteiger partial charge in [-0.1, -0.05) is 54.6 Å². The van der Waals surface area contributed by atoms with Gasteiger partial charge in [-0.15, -0.1) is 0 Å². The number of carbonyl (C=O) groups excluding carboxylic acids is 1. The average Bonchev–Trinajstić information content (AvgIpc) is 2.99. The van der Waals surface area contributed by atoms with E-state index in [1.807, 2.05) is 63.2 Å². The first-order chi connectivity index (χ1) is 12.4. The van der Waals surface area contributed by atoms with E-state index in [-0.39, 0.29) is 6.09 Å². The van der Waals surface area contributed by atoms with Crippen LogP contribution in [-0.2, 0) is 4.74 Å². The van der Waals surface area contributed by atoms with Crippen LogP contribution in [0.15, 0.2) is 72.8 Å². The average molecular weight is 343 g/mol. The second-order valence-corrected chi connectivity index (χ2v) is 7.47. The summed E-state index contributed by atoms with van der Waals surface area (Å²) >= 11 is 0. The van der Waals surface area contributed by atoms with Crippen molar-refractivity contribution in [3.63, 3.8) is 0 Å². The van der Waals surface area contributed by atoms with Crippen LogP contribution in [0.5, 0.6) is 0 Å². The van der Waals surface area contributed by atoms with E-state index in [4.69, 9.17) is 4.74 Å². The first-order valence-corrected chi connectivity index (χ1v) is 8.75. The van der Waals surface area contributed by atoms with Gasteiger partial charge in [-0.2, -0.15) is 0 Å². The zero-order valence-corrected chi connectivity index (χ0v) is 15.2. The third-order valence-electron chi connectivity index (χ3n) is 4.33. The molecule has 0 aliphatic heterocycles. The highest BCUT2D eigenvalue weighted by Crippen LogP contribution is 2.31. The molecule has 0 atom stereocenters. The summed E-state index contributed by atoms with van der Waals surface area (Å²) in [5.41, 5.74) is 2.13. The molecular formula is C23H21NO2. The normalized spacial score (nSPS) is 11.8. The topological polar surface area (TPSA) is 31.2 Å². The molecule has 26 heavy (non-hydrogen) atoms. The number of nitrogens with zero attached hydrogens (tertiary/aromatic N) is 1. The molecule has 0 fully saturated rings. The van der Waals surface area contributed by atoms with Crippen LogP contribution in [0.3, 0.4) is 0 Å². The van der Waals surface area contributed by atoms with Crippen LogP contribution in [0.2, 0.25) is 0 Å². The van der Waals surface area contributed by atoms with E-state index in [0.29, 0.717) is 0 Å². The lowest BCUT2D eigenvalue weighted by Gasteiger charge is -2.21. The van der Waals surface area contributed by atoms with Crippen LogP contribution < -0.4 is 0 Å². The SMILES string of the molecule is CC(C)(C)OC(=O)n1c(-c2ccc3ccccc3c2)cc2ccccc21. The molecule has 0 bridgehead atoms. The zero-order chi connectivity index (χ0) is 18.3. The molecule has 3 aromatic carbocycles. The van der Waals surface area contributed by atoms with E-state index in [1.165, 1.54) is 5.39 Å². The molecule has 1 aromatic heterocycles. The Kier molecular flexibility index (Phi) is 3.80. The summed E-state index contributed by atoms with van der Waals surface area (Å²) in [6.07, 6.45) is -0.359. The standard InChI is InChI=1S/C23H21NO2/c1-23(2,3)26-22(25)24-20-11-7-6-10-18(20)15-21(24)19-13-12-16-8-4-5-9-17(16)14-19/h4-15H,1-3H3. The lowest BCUT2D eigenvalue weighted by molar-refractivity contribution is 0.0547. The number of para-hydroxylation sites is 1. The molecule has 0 amide bonds. The predicted molar refractivity (Wildman–Crippen MR) is 107 cm³/mol. The summed E-state index contributed by atoms with van der Waals surface area (Å²) < 4.78 is 7.34. The molecule has 0 N–H and O–H groups in total. The molecule has 0 aliphatic rings. The third-order valence-corrected chi connectivity index (χ3v) is 4.33. The Morgan fingerprint density at radius 2 is 1.46 bits per heavy atom. The first kappa shape index (κ1) is 16.4. The van der Waals surface area contributed by atoms with Gasteiger partial charge in [0.1, 0.15) is 5.60 Å². The molecule has 3 nitrogen and oxygen atoms in total. The monoisotopic (exact) mass is 343 g/mol. The first-order valence-electron chi connectivity index (χ1n) is 8.75. The summed E-state index contributed by atoms with van der Waals surface area (Å²) in [4.78, 5) is 12.9. The fraction of sp³-hybridized carbons (Fsp3) is 0.174. The molecule has 0 unspecified atom stereocenters. The number of rotatable bonds is 1. The highest BCUT2D eigenvalue weighted by molar-refractivity contribution is 5.97. The smallest absolute Gasteiger partial charge is 0.419 e. The van der Waals surface area contributed by atoms with E-state index in [9.17, 15) is 4.79 Å². The van der Waals surface area contributed by atoms with Crippen molar-refractivity contribution < 1.29 is 9.53 Å². The van der Waals surface area contributed by atoms with Crippen molar-refractivity contribution in [1.29, 1.82) is 0 Å². The van der Waals surface area contributed by atoms with E-state index in [1.54, 1.807) is 4.57 Å². The van der Waals surface area contributed by atoms with Crippen molar-refractivity contribution in [2.75, 3.05) is 0 Å². The highest BCUT2D eigenvalue weighted by Gasteiger charge is 2.22. The minimum atomic E-state index is -0.552. The van der Waals surface area contributed by atoms with Gasteiger partial charge in [0.15, 0.2) is 0 Å². The van der Waals surface area contributed by atoms with Crippen molar-refractivity contribution in [3.8, 4) is 11.3 Å². The molecule has 0 saturated carbocycles. The molecule has 0 spiro atoms. The van der Waals surface area contributed by atoms with Gasteiger partial charge in [0.25, 0.3) is 0 Å². The molecule has 4 rings (SSSR count). The van der Waals surface area contributed by atoms with Gasteiger partial charge in [0.05, 0.1) is 11.2 Å². The van der Waals surface area contributed by atoms with E-state index < -0.39 is 5.60 Å². The van der Waals surface area contributed by atoms with Gasteiger partial charge in [0.2, 0.25) is 0 Å². The quantitative estimate of drug-likeness (QED) is 0.409. The van der Waals surface area contributed by atoms with E-state index in [2.05, 4.69) is 30.3 Å². The van der Waals surface area contributed by atoms with Crippen LogP contribution >= 0.6 is 0 Å². The van der Waals surface area contributed by atoms with Crippen molar-refractivity contribution >= 4 is 27.8 Å². The van der Waals surface area contributed by atoms with Crippen LogP contribution in [0.25, 0.3) is 32.9 Å². The summed E-state index contributed by atoms with van der Waals surface area (Å²) in [5.74, 6) is 0. The van der Waals surface area contributed by atoms with E-state index >= 15 is 0 Å². The van der Waals surface area contributed by atoms with Gasteiger partial charge in [0, 0.05) is 5.39 Å². The third kappa shape index (κ3) is 2.97. The number of carbonyl (C=O) groups is 1. The van der Waals surface area contributed by atoms with Gasteiger partial charge >= 0.3 is 6.09 Å². The summed E-state index contributed by atoms with van der Waals surface area (Å²) in [7, 11) is 0. The number of hydrogen-bond donors (Lipinski definition) is 0. The second kappa shape index (κ2) is 6.03. The Morgan fingerprint density at radius 1 is 0.808 bits per heavy atom. The lowest BCUT2D eigenvalue weighted by atomic mass is 10.0. The minimum absolute atomic E-state index is 0.359. The largest absolute Gasteiger partial charge is 0.443 e. The molecule has 0 saturated heterocycles. The van der Waals surface area contributed by atoms with Crippen LogP contribution in [0, 0.1) is 0 Å². The van der Waals surface area contributed by atoms with Crippen molar-refractivity contribution in [2.45, 2.75) is 26.4 Å². The van der Waals surface area contributed by atoms with Gasteiger partial charge in [-0.05, 0) is 55.3 Å². The molecule has 130 valence electrons. The Morgan fingerprint density at radius 3 is 2.19 bits per heavy atom. The van der Waals surface area contributed by atoms with Gasteiger partial charge in [-0.3, -0.25) is 0 Å². The Bertz CT molecular complexity index is 1120. The summed E-state index contributed by atoms with van der Waals surface area (Å²) in [5, 5.41) is 3.34. The molecule has 3 heteroatoms. The number of hydrogen-bond acceptors (Lipinski definition) is 2. The fourth-order valence-corrected chi connectivity index (χ4v) is 3.22. The number of fused-ring (bicyclic) bond motifs is 2. The molecule has 1 heterocycles. The Hall–Kier alpha value is -3.07. The Labute approximate surface area is 152 Å². The summed E-state index contributed by atoms with van der Waals surface area (Å²) in [6.45, 7) is 5.64. The van der Waals surface area contributed by atoms with Crippen molar-refractivity contribution in [3.05, 3.63) is 72.8 Å². The van der Waals surface area contributed by atoms with Gasteiger partial charge in [-0.25, -0.2) is 9.36 Å². The van der Waals surface area contributed by atoms with Crippen molar-refractivity contribution in [1.82, 2.24) is 4.57 Å². The predicted octanol–water partition coefficient (Wildman–Crippen LogP) is 6.24. The maximum atomic E-state index is 12.9. The number of aromatic nitrogens is 1. The summed E-state index contributed by atoms with van der Waals surface area (Å²) in [6, 6.07) is 24.4. The number of benzene rings is 3. The minimum Gasteiger partial charge on any atom is -0.443 e. The molecule has 0 aliphatic carbocycles. The van der Waals surface area contributed by atoms with Crippen LogP contribution in [-0.4, -0.2) is 16.3 Å². The van der Waals surface area contributed by atoms with Crippen LogP contribution in [0.4, 0.5) is 4.79 Å². The van der Waals surface area contributed by atoms with Crippen LogP contribution in [0.1, 0.15) is 20.8 Å². The Balaban J connectivity index is 1.93. The number of ether oxygens (including phenoxy) is 1. The highest BCUT2D eigenvalue weighted by atomic mass is 16.6. The maximum Gasteiger partial charge on any atom is 0.419 e. The van der Waals surface area contributed by atoms with Crippen molar-refractivity contribution in [2.24, 2.45) is 0 Å². The van der Waals surface area contributed by atoms with Gasteiger partial charge < -0.3 is 4.74 Å². The molecule has 0 radical (unpaired) electrons. The second-order valence-electron chi connectivity index (χ2n) is 7.47. The molecule has 4 aromatic rings. The zero-order valence-electron chi connectivity index (χ0n) is 15.2. The van der Waals surface area contributed by atoms with E-state index in [0.717, 1.165) is 27.5 Å². The maximum absolute atomic E-state index is 12.9.